The first kappa shape index (κ1) is 39.5. The minimum Gasteiger partial charge on any atom is -0.453 e. The first-order valence-electron chi connectivity index (χ1n) is 19.6. The number of alkyl halides is 3. The van der Waals surface area contributed by atoms with Crippen LogP contribution in [0.25, 0.3) is 16.9 Å². The van der Waals surface area contributed by atoms with Crippen LogP contribution in [-0.2, 0) is 31.8 Å². The van der Waals surface area contributed by atoms with Crippen molar-refractivity contribution < 1.29 is 37.0 Å². The molecule has 17 heteroatoms. The number of carbonyl (C=O) groups is 3. The van der Waals surface area contributed by atoms with Crippen LogP contribution in [0, 0.1) is 17.8 Å². The van der Waals surface area contributed by atoms with E-state index in [-0.39, 0.29) is 35.6 Å². The fourth-order valence-electron chi connectivity index (χ4n) is 8.55. The molecule has 7 rings (SSSR count). The molecule has 4 fully saturated rings. The lowest BCUT2D eigenvalue weighted by atomic mass is 9.75. The minimum atomic E-state index is -4.80. The van der Waals surface area contributed by atoms with E-state index in [2.05, 4.69) is 35.3 Å². The summed E-state index contributed by atoms with van der Waals surface area (Å²) >= 11 is 0. The third kappa shape index (κ3) is 9.60. The number of amides is 3. The van der Waals surface area contributed by atoms with Crippen LogP contribution in [0.4, 0.5) is 29.6 Å². The van der Waals surface area contributed by atoms with Crippen molar-refractivity contribution in [2.45, 2.75) is 64.1 Å². The number of rotatable bonds is 10. The fraction of sp³-hybridized carbons (Fsp3) is 0.590. The zero-order valence-corrected chi connectivity index (χ0v) is 31.7. The maximum Gasteiger partial charge on any atom is 0.417 e. The topological polar surface area (TPSA) is 147 Å². The van der Waals surface area contributed by atoms with Gasteiger partial charge < -0.3 is 24.6 Å². The van der Waals surface area contributed by atoms with Gasteiger partial charge in [-0.15, -0.1) is 5.10 Å². The smallest absolute Gasteiger partial charge is 0.417 e. The van der Waals surface area contributed by atoms with Crippen molar-refractivity contribution in [3.63, 3.8) is 0 Å². The summed E-state index contributed by atoms with van der Waals surface area (Å²) in [5.74, 6) is 1.77. The summed E-state index contributed by atoms with van der Waals surface area (Å²) in [5, 5.41) is 9.45. The predicted octanol–water partition coefficient (Wildman–Crippen LogP) is 5.14. The van der Waals surface area contributed by atoms with Crippen molar-refractivity contribution in [3.05, 3.63) is 47.8 Å². The highest BCUT2D eigenvalue weighted by atomic mass is 19.4. The molecule has 0 atom stereocenters. The quantitative estimate of drug-likeness (QED) is 0.265. The largest absolute Gasteiger partial charge is 0.453 e. The summed E-state index contributed by atoms with van der Waals surface area (Å²) in [5.41, 5.74) is 0.105. The van der Waals surface area contributed by atoms with Gasteiger partial charge in [0, 0.05) is 58.2 Å². The molecule has 56 heavy (non-hydrogen) atoms. The molecule has 0 unspecified atom stereocenters. The lowest BCUT2D eigenvalue weighted by Gasteiger charge is -2.34. The molecular weight excluding hydrogens is 731 g/mol. The lowest BCUT2D eigenvalue weighted by Crippen LogP contribution is -2.50. The number of allylic oxidation sites excluding steroid dienone is 1. The highest BCUT2D eigenvalue weighted by Gasteiger charge is 2.36. The number of anilines is 2. The Morgan fingerprint density at radius 1 is 0.964 bits per heavy atom. The van der Waals surface area contributed by atoms with Crippen molar-refractivity contribution in [3.8, 4) is 11.4 Å². The van der Waals surface area contributed by atoms with E-state index in [4.69, 9.17) is 4.74 Å². The summed E-state index contributed by atoms with van der Waals surface area (Å²) in [6, 6.07) is 2.66. The Labute approximate surface area is 323 Å². The van der Waals surface area contributed by atoms with E-state index >= 15 is 0 Å². The fourth-order valence-corrected chi connectivity index (χ4v) is 8.55. The molecule has 0 spiro atoms. The molecule has 2 N–H and O–H groups in total. The summed E-state index contributed by atoms with van der Waals surface area (Å²) in [6.07, 6.45) is 10.9. The number of fused-ring (bicyclic) bond motifs is 1. The summed E-state index contributed by atoms with van der Waals surface area (Å²) in [6.45, 7) is 4.54. The second-order valence-corrected chi connectivity index (χ2v) is 15.2. The molecule has 3 aromatic rings. The number of halogens is 3. The molecule has 2 saturated carbocycles. The first-order valence-corrected chi connectivity index (χ1v) is 19.6. The molecule has 0 radical (unpaired) electrons. The van der Waals surface area contributed by atoms with E-state index in [0.717, 1.165) is 49.6 Å². The van der Waals surface area contributed by atoms with E-state index < -0.39 is 17.8 Å². The Balaban J connectivity index is 0.965. The number of pyridine rings is 1. The van der Waals surface area contributed by atoms with Crippen molar-refractivity contribution in [2.75, 3.05) is 76.4 Å². The van der Waals surface area contributed by atoms with E-state index in [1.165, 1.54) is 38.5 Å². The van der Waals surface area contributed by atoms with Crippen LogP contribution in [0.2, 0.25) is 0 Å². The molecule has 2 aliphatic carbocycles. The van der Waals surface area contributed by atoms with Gasteiger partial charge in [0.2, 0.25) is 11.8 Å². The number of carbonyl (C=O) groups excluding carboxylic acids is 3. The van der Waals surface area contributed by atoms with Crippen molar-refractivity contribution in [2.24, 2.45) is 17.8 Å². The highest BCUT2D eigenvalue weighted by molar-refractivity contribution is 5.91. The number of morpholine rings is 1. The Morgan fingerprint density at radius 2 is 1.68 bits per heavy atom. The summed E-state index contributed by atoms with van der Waals surface area (Å²) in [4.78, 5) is 51.8. The Bertz CT molecular complexity index is 1890. The zero-order chi connectivity index (χ0) is 39.2. The number of ether oxygens (including phenoxy) is 2. The van der Waals surface area contributed by atoms with Crippen molar-refractivity contribution >= 4 is 35.1 Å². The van der Waals surface area contributed by atoms with E-state index in [9.17, 15) is 27.6 Å². The van der Waals surface area contributed by atoms with Crippen LogP contribution in [0.5, 0.6) is 0 Å². The van der Waals surface area contributed by atoms with Gasteiger partial charge in [0.1, 0.15) is 11.3 Å². The maximum absolute atomic E-state index is 14.4. The molecule has 5 heterocycles. The Kier molecular flexibility index (Phi) is 12.4. The Morgan fingerprint density at radius 3 is 2.38 bits per heavy atom. The van der Waals surface area contributed by atoms with Crippen LogP contribution in [0.1, 0.15) is 62.5 Å². The van der Waals surface area contributed by atoms with E-state index in [0.29, 0.717) is 76.3 Å². The average molecular weight is 782 g/mol. The number of nitrogens with zero attached hydrogens (tertiary/aromatic N) is 7. The zero-order valence-electron chi connectivity index (χ0n) is 31.7. The van der Waals surface area contributed by atoms with Crippen LogP contribution < -0.4 is 15.5 Å². The van der Waals surface area contributed by atoms with E-state index in [1.54, 1.807) is 21.7 Å². The van der Waals surface area contributed by atoms with Crippen LogP contribution >= 0.6 is 0 Å². The normalized spacial score (nSPS) is 21.5. The molecule has 4 aliphatic rings. The summed E-state index contributed by atoms with van der Waals surface area (Å²) in [7, 11) is 1.10. The number of hydrogen-bond acceptors (Lipinski definition) is 10. The molecule has 2 saturated heterocycles. The monoisotopic (exact) mass is 781 g/mol. The second kappa shape index (κ2) is 17.6. The molecule has 0 bridgehead atoms. The van der Waals surface area contributed by atoms with Crippen molar-refractivity contribution in [1.82, 2.24) is 34.7 Å². The van der Waals surface area contributed by atoms with Gasteiger partial charge in [0.15, 0.2) is 11.6 Å². The SMILES string of the molecule is COC(=O)Nc1cc(C(F)(F)F)c(-c2nc(N3CCOCC3)c3cc(CN4CCN(C(=O)CNC(=O)/C=C/C5CCC(C6CCCC6)CC5)CC4)cn3n2)cn1. The predicted molar refractivity (Wildman–Crippen MR) is 202 cm³/mol. The number of piperazine rings is 1. The van der Waals surface area contributed by atoms with Gasteiger partial charge in [-0.25, -0.2) is 19.3 Å². The molecule has 3 amide bonds. The van der Waals surface area contributed by atoms with Gasteiger partial charge in [0.05, 0.1) is 38.0 Å². The Hall–Kier alpha value is -4.77. The minimum absolute atomic E-state index is 0.0517. The third-order valence-electron chi connectivity index (χ3n) is 11.6. The van der Waals surface area contributed by atoms with Crippen LogP contribution in [0.3, 0.4) is 0 Å². The van der Waals surface area contributed by atoms with Crippen LogP contribution in [-0.4, -0.2) is 113 Å². The number of aromatic nitrogens is 4. The van der Waals surface area contributed by atoms with Gasteiger partial charge in [-0.3, -0.25) is 19.8 Å². The molecule has 302 valence electrons. The maximum atomic E-state index is 14.4. The third-order valence-corrected chi connectivity index (χ3v) is 11.6. The first-order chi connectivity index (χ1) is 27.0. The lowest BCUT2D eigenvalue weighted by molar-refractivity contribution is -0.137. The molecule has 0 aromatic carbocycles. The standard InChI is InChI=1S/C39H50F3N9O5/c1-55-38(54)45-33-21-31(39(40,41)42)30(22-43-33)36-46-37(50-16-18-56-19-17-50)32-20-27(25-51(32)47-36)24-48-12-14-49(15-13-48)35(53)23-44-34(52)11-8-26-6-9-29(10-7-26)28-4-2-3-5-28/h8,11,20-22,25-26,28-29H,2-7,9-10,12-19,23-24H2,1H3,(H,44,52)(H,43,45,54)/b11-8+. The number of nitrogens with one attached hydrogen (secondary N) is 2. The second-order valence-electron chi connectivity index (χ2n) is 15.2. The summed E-state index contributed by atoms with van der Waals surface area (Å²) < 4.78 is 54.6. The van der Waals surface area contributed by atoms with Gasteiger partial charge in [-0.05, 0) is 67.2 Å². The van der Waals surface area contributed by atoms with Gasteiger partial charge in [-0.1, -0.05) is 31.8 Å². The molecule has 14 nitrogen and oxygen atoms in total. The van der Waals surface area contributed by atoms with Crippen molar-refractivity contribution in [1.29, 1.82) is 0 Å². The van der Waals surface area contributed by atoms with Gasteiger partial charge in [-0.2, -0.15) is 13.2 Å². The number of hydrogen-bond donors (Lipinski definition) is 2. The highest BCUT2D eigenvalue weighted by Crippen LogP contribution is 2.41. The molecular formula is C39H50F3N9O5. The average Bonchev–Trinajstić information content (AvgIpc) is 3.90. The van der Waals surface area contributed by atoms with E-state index in [1.807, 2.05) is 17.0 Å². The van der Waals surface area contributed by atoms with Crippen LogP contribution in [0.15, 0.2) is 36.7 Å². The van der Waals surface area contributed by atoms with Gasteiger partial charge >= 0.3 is 12.3 Å². The van der Waals surface area contributed by atoms with Gasteiger partial charge in [0.25, 0.3) is 0 Å². The molecule has 2 aliphatic heterocycles. The number of methoxy groups -OCH3 is 1. The molecule has 3 aromatic heterocycles.